The quantitative estimate of drug-likeness (QED) is 0.870. The largest absolute Gasteiger partial charge is 0.573 e. The fourth-order valence-electron chi connectivity index (χ4n) is 1.81. The lowest BCUT2D eigenvalue weighted by atomic mass is 10.0. The van der Waals surface area contributed by atoms with Crippen molar-refractivity contribution in [1.29, 1.82) is 0 Å². The number of aliphatic hydroxyl groups is 1. The van der Waals surface area contributed by atoms with Gasteiger partial charge < -0.3 is 9.84 Å². The van der Waals surface area contributed by atoms with Gasteiger partial charge in [-0.15, -0.1) is 13.2 Å². The van der Waals surface area contributed by atoms with Gasteiger partial charge in [0.2, 0.25) is 0 Å². The molecule has 1 N–H and O–H groups in total. The van der Waals surface area contributed by atoms with Gasteiger partial charge in [-0.2, -0.15) is 0 Å². The molecule has 0 aliphatic heterocycles. The predicted octanol–water partition coefficient (Wildman–Crippen LogP) is 3.95. The van der Waals surface area contributed by atoms with E-state index in [0.717, 1.165) is 24.3 Å². The molecule has 21 heavy (non-hydrogen) atoms. The van der Waals surface area contributed by atoms with Crippen molar-refractivity contribution in [3.63, 3.8) is 0 Å². The summed E-state index contributed by atoms with van der Waals surface area (Å²) in [6, 6.07) is 6.96. The molecule has 2 rings (SSSR count). The average Bonchev–Trinajstić information content (AvgIpc) is 2.35. The highest BCUT2D eigenvalue weighted by Gasteiger charge is 2.31. The monoisotopic (exact) mass is 304 g/mol. The van der Waals surface area contributed by atoms with Crippen LogP contribution in [0.1, 0.15) is 17.2 Å². The van der Waals surface area contributed by atoms with Crippen molar-refractivity contribution in [1.82, 2.24) is 0 Å². The number of ether oxygens (including phenoxy) is 1. The fourth-order valence-corrected chi connectivity index (χ4v) is 1.81. The van der Waals surface area contributed by atoms with Gasteiger partial charge in [-0.05, 0) is 35.4 Å². The van der Waals surface area contributed by atoms with Crippen molar-refractivity contribution < 1.29 is 31.8 Å². The minimum Gasteiger partial charge on any atom is -0.406 e. The van der Waals surface area contributed by atoms with Crippen LogP contribution in [-0.2, 0) is 0 Å². The Balaban J connectivity index is 2.30. The molecule has 0 aliphatic rings. The van der Waals surface area contributed by atoms with Crippen molar-refractivity contribution in [2.24, 2.45) is 0 Å². The van der Waals surface area contributed by atoms with Crippen molar-refractivity contribution >= 4 is 0 Å². The summed E-state index contributed by atoms with van der Waals surface area (Å²) in [5.41, 5.74) is -0.0987. The van der Waals surface area contributed by atoms with Crippen LogP contribution in [0.5, 0.6) is 5.75 Å². The zero-order chi connectivity index (χ0) is 15.6. The average molecular weight is 304 g/mol. The van der Waals surface area contributed by atoms with Crippen LogP contribution in [-0.4, -0.2) is 11.5 Å². The Hall–Kier alpha value is -2.15. The lowest BCUT2D eigenvalue weighted by Gasteiger charge is -2.14. The van der Waals surface area contributed by atoms with Crippen LogP contribution in [0, 0.1) is 11.6 Å². The van der Waals surface area contributed by atoms with Crippen LogP contribution in [0.3, 0.4) is 0 Å². The SMILES string of the molecule is OC(c1cc(F)cc(F)c1)c1cccc(OC(F)(F)F)c1. The maximum Gasteiger partial charge on any atom is 0.573 e. The van der Waals surface area contributed by atoms with E-state index in [1.54, 1.807) is 0 Å². The van der Waals surface area contributed by atoms with E-state index in [-0.39, 0.29) is 11.1 Å². The topological polar surface area (TPSA) is 29.5 Å². The second-order valence-electron chi connectivity index (χ2n) is 4.23. The van der Waals surface area contributed by atoms with Crippen molar-refractivity contribution in [2.45, 2.75) is 12.5 Å². The van der Waals surface area contributed by atoms with E-state index in [1.165, 1.54) is 12.1 Å². The molecular formula is C14H9F5O2. The first-order valence-corrected chi connectivity index (χ1v) is 5.74. The molecule has 2 nitrogen and oxygen atoms in total. The van der Waals surface area contributed by atoms with Crippen LogP contribution in [0.2, 0.25) is 0 Å². The summed E-state index contributed by atoms with van der Waals surface area (Å²) in [5.74, 6) is -2.32. The number of rotatable bonds is 3. The second-order valence-corrected chi connectivity index (χ2v) is 4.23. The lowest BCUT2D eigenvalue weighted by molar-refractivity contribution is -0.274. The highest BCUT2D eigenvalue weighted by molar-refractivity contribution is 5.35. The number of hydrogen-bond acceptors (Lipinski definition) is 2. The predicted molar refractivity (Wildman–Crippen MR) is 63.5 cm³/mol. The van der Waals surface area contributed by atoms with Crippen molar-refractivity contribution in [3.05, 3.63) is 65.2 Å². The molecule has 1 unspecified atom stereocenters. The summed E-state index contributed by atoms with van der Waals surface area (Å²) < 4.78 is 66.2. The Morgan fingerprint density at radius 3 is 2.10 bits per heavy atom. The maximum absolute atomic E-state index is 13.1. The standard InChI is InChI=1S/C14H9F5O2/c15-10-4-9(5-11(16)7-10)13(20)8-2-1-3-12(6-8)21-14(17,18)19/h1-7,13,20H. The van der Waals surface area contributed by atoms with Crippen LogP contribution < -0.4 is 4.74 Å². The van der Waals surface area contributed by atoms with Gasteiger partial charge in [-0.25, -0.2) is 8.78 Å². The van der Waals surface area contributed by atoms with Crippen LogP contribution in [0.4, 0.5) is 22.0 Å². The van der Waals surface area contributed by atoms with Gasteiger partial charge in [0, 0.05) is 6.07 Å². The summed E-state index contributed by atoms with van der Waals surface area (Å²) in [5, 5.41) is 9.99. The molecule has 2 aromatic rings. The van der Waals surface area contributed by atoms with E-state index in [1.807, 2.05) is 0 Å². The van der Waals surface area contributed by atoms with Crippen LogP contribution in [0.25, 0.3) is 0 Å². The van der Waals surface area contributed by atoms with Gasteiger partial charge in [0.05, 0.1) is 0 Å². The normalized spacial score (nSPS) is 13.0. The Kier molecular flexibility index (Phi) is 4.13. The number of hydrogen-bond donors (Lipinski definition) is 1. The third-order valence-electron chi connectivity index (χ3n) is 2.61. The molecule has 7 heteroatoms. The third-order valence-corrected chi connectivity index (χ3v) is 2.61. The summed E-state index contributed by atoms with van der Waals surface area (Å²) in [7, 11) is 0. The van der Waals surface area contributed by atoms with Gasteiger partial charge in [-0.3, -0.25) is 0 Å². The van der Waals surface area contributed by atoms with Gasteiger partial charge in [0.25, 0.3) is 0 Å². The van der Waals surface area contributed by atoms with Crippen molar-refractivity contribution in [2.75, 3.05) is 0 Å². The Morgan fingerprint density at radius 2 is 1.52 bits per heavy atom. The summed E-state index contributed by atoms with van der Waals surface area (Å²) in [4.78, 5) is 0. The Morgan fingerprint density at radius 1 is 0.905 bits per heavy atom. The molecule has 2 aromatic carbocycles. The Bertz CT molecular complexity index is 619. The third kappa shape index (κ3) is 4.16. The molecular weight excluding hydrogens is 295 g/mol. The molecule has 0 heterocycles. The molecule has 0 radical (unpaired) electrons. The summed E-state index contributed by atoms with van der Waals surface area (Å²) in [6.45, 7) is 0. The minimum absolute atomic E-state index is 0.0155. The Labute approximate surface area is 116 Å². The zero-order valence-electron chi connectivity index (χ0n) is 10.4. The first-order valence-electron chi connectivity index (χ1n) is 5.74. The molecule has 0 saturated carbocycles. The number of halogens is 5. The summed E-state index contributed by atoms with van der Waals surface area (Å²) in [6.07, 6.45) is -6.35. The smallest absolute Gasteiger partial charge is 0.406 e. The van der Waals surface area contributed by atoms with E-state index in [4.69, 9.17) is 0 Å². The highest BCUT2D eigenvalue weighted by Crippen LogP contribution is 2.28. The van der Waals surface area contributed by atoms with Gasteiger partial charge >= 0.3 is 6.36 Å². The molecule has 0 fully saturated rings. The molecule has 0 aliphatic carbocycles. The van der Waals surface area contributed by atoms with Crippen LogP contribution >= 0.6 is 0 Å². The van der Waals surface area contributed by atoms with E-state index >= 15 is 0 Å². The number of aliphatic hydroxyl groups excluding tert-OH is 1. The van der Waals surface area contributed by atoms with Gasteiger partial charge in [0.15, 0.2) is 0 Å². The van der Waals surface area contributed by atoms with E-state index in [0.29, 0.717) is 6.07 Å². The van der Waals surface area contributed by atoms with E-state index in [9.17, 15) is 27.1 Å². The molecule has 0 bridgehead atoms. The zero-order valence-corrected chi connectivity index (χ0v) is 10.4. The summed E-state index contributed by atoms with van der Waals surface area (Å²) >= 11 is 0. The van der Waals surface area contributed by atoms with Gasteiger partial charge in [0.1, 0.15) is 23.5 Å². The van der Waals surface area contributed by atoms with E-state index < -0.39 is 29.9 Å². The van der Waals surface area contributed by atoms with Crippen LogP contribution in [0.15, 0.2) is 42.5 Å². The molecule has 0 spiro atoms. The molecule has 0 saturated heterocycles. The highest BCUT2D eigenvalue weighted by atomic mass is 19.4. The number of alkyl halides is 3. The number of benzene rings is 2. The molecule has 1 atom stereocenters. The second kappa shape index (κ2) is 5.69. The van der Waals surface area contributed by atoms with E-state index in [2.05, 4.69) is 4.74 Å². The molecule has 0 amide bonds. The lowest BCUT2D eigenvalue weighted by Crippen LogP contribution is -2.17. The molecule has 112 valence electrons. The first-order chi connectivity index (χ1) is 9.74. The van der Waals surface area contributed by atoms with Gasteiger partial charge in [-0.1, -0.05) is 12.1 Å². The minimum atomic E-state index is -4.87. The molecule has 0 aromatic heterocycles. The maximum atomic E-state index is 13.1. The first kappa shape index (κ1) is 15.2. The van der Waals surface area contributed by atoms with Crippen molar-refractivity contribution in [3.8, 4) is 5.75 Å². The fraction of sp³-hybridized carbons (Fsp3) is 0.143.